The number of aryl methyl sites for hydroxylation is 2. The van der Waals surface area contributed by atoms with Gasteiger partial charge in [0.2, 0.25) is 0 Å². The molecular formula is C17H23FN4O. The zero-order valence-electron chi connectivity index (χ0n) is 14.0. The maximum atomic E-state index is 14.3. The number of nitrogens with zero attached hydrogens (tertiary/aromatic N) is 2. The van der Waals surface area contributed by atoms with Gasteiger partial charge in [-0.1, -0.05) is 13.8 Å². The minimum absolute atomic E-state index is 0.330. The Bertz CT molecular complexity index is 694. The van der Waals surface area contributed by atoms with Gasteiger partial charge in [0.05, 0.1) is 5.69 Å². The van der Waals surface area contributed by atoms with E-state index in [2.05, 4.69) is 29.6 Å². The van der Waals surface area contributed by atoms with Crippen LogP contribution in [0.2, 0.25) is 0 Å². The molecule has 0 fully saturated rings. The van der Waals surface area contributed by atoms with Gasteiger partial charge in [-0.2, -0.15) is 5.10 Å². The summed E-state index contributed by atoms with van der Waals surface area (Å²) in [5, 5.41) is 9.65. The van der Waals surface area contributed by atoms with Crippen molar-refractivity contribution in [1.82, 2.24) is 15.1 Å². The number of amides is 2. The average molecular weight is 318 g/mol. The first kappa shape index (κ1) is 17.0. The SMILES string of the molecule is Cc1cc(C)n(-c2ccc(NC(=O)NCCC(C)C)cc2F)n1. The van der Waals surface area contributed by atoms with Crippen molar-refractivity contribution < 1.29 is 9.18 Å². The minimum atomic E-state index is -0.434. The van der Waals surface area contributed by atoms with Crippen molar-refractivity contribution in [1.29, 1.82) is 0 Å². The zero-order chi connectivity index (χ0) is 17.0. The Morgan fingerprint density at radius 1 is 1.30 bits per heavy atom. The Hall–Kier alpha value is -2.37. The van der Waals surface area contributed by atoms with E-state index in [0.29, 0.717) is 23.8 Å². The number of rotatable bonds is 5. The second kappa shape index (κ2) is 7.26. The van der Waals surface area contributed by atoms with Crippen molar-refractivity contribution in [3.63, 3.8) is 0 Å². The first-order valence-electron chi connectivity index (χ1n) is 7.75. The summed E-state index contributed by atoms with van der Waals surface area (Å²) in [6.45, 7) is 8.50. The van der Waals surface area contributed by atoms with Crippen LogP contribution in [0, 0.1) is 25.6 Å². The van der Waals surface area contributed by atoms with E-state index in [1.54, 1.807) is 16.8 Å². The van der Waals surface area contributed by atoms with Gasteiger partial charge in [-0.25, -0.2) is 13.9 Å². The Balaban J connectivity index is 2.05. The maximum Gasteiger partial charge on any atom is 0.319 e. The fraction of sp³-hybridized carbons (Fsp3) is 0.412. The van der Waals surface area contributed by atoms with Gasteiger partial charge in [0.25, 0.3) is 0 Å². The van der Waals surface area contributed by atoms with E-state index in [-0.39, 0.29) is 6.03 Å². The zero-order valence-corrected chi connectivity index (χ0v) is 14.0. The van der Waals surface area contributed by atoms with Gasteiger partial charge in [0.15, 0.2) is 5.82 Å². The van der Waals surface area contributed by atoms with Crippen molar-refractivity contribution in [2.24, 2.45) is 5.92 Å². The average Bonchev–Trinajstić information content (AvgIpc) is 2.77. The van der Waals surface area contributed by atoms with E-state index in [4.69, 9.17) is 0 Å². The molecule has 5 nitrogen and oxygen atoms in total. The number of benzene rings is 1. The molecule has 1 aromatic carbocycles. The predicted molar refractivity (Wildman–Crippen MR) is 89.5 cm³/mol. The van der Waals surface area contributed by atoms with Crippen LogP contribution in [-0.4, -0.2) is 22.4 Å². The van der Waals surface area contributed by atoms with Crippen LogP contribution in [0.25, 0.3) is 5.69 Å². The molecule has 0 aliphatic carbocycles. The van der Waals surface area contributed by atoms with E-state index in [1.165, 1.54) is 6.07 Å². The Morgan fingerprint density at radius 3 is 2.61 bits per heavy atom. The summed E-state index contributed by atoms with van der Waals surface area (Å²) in [6, 6.07) is 6.13. The number of hydrogen-bond donors (Lipinski definition) is 2. The quantitative estimate of drug-likeness (QED) is 0.881. The van der Waals surface area contributed by atoms with Crippen molar-refractivity contribution in [2.75, 3.05) is 11.9 Å². The fourth-order valence-electron chi connectivity index (χ4n) is 2.28. The van der Waals surface area contributed by atoms with Gasteiger partial charge in [-0.3, -0.25) is 0 Å². The Kier molecular flexibility index (Phi) is 5.36. The lowest BCUT2D eigenvalue weighted by molar-refractivity contribution is 0.251. The first-order chi connectivity index (χ1) is 10.9. The number of aromatic nitrogens is 2. The molecule has 0 atom stereocenters. The number of hydrogen-bond acceptors (Lipinski definition) is 2. The van der Waals surface area contributed by atoms with Gasteiger partial charge in [-0.05, 0) is 50.5 Å². The Labute approximate surface area is 135 Å². The molecule has 6 heteroatoms. The summed E-state index contributed by atoms with van der Waals surface area (Å²) in [7, 11) is 0. The molecule has 2 aromatic rings. The number of anilines is 1. The first-order valence-corrected chi connectivity index (χ1v) is 7.75. The van der Waals surface area contributed by atoms with Gasteiger partial charge in [-0.15, -0.1) is 0 Å². The van der Waals surface area contributed by atoms with E-state index in [9.17, 15) is 9.18 Å². The highest BCUT2D eigenvalue weighted by Crippen LogP contribution is 2.19. The highest BCUT2D eigenvalue weighted by atomic mass is 19.1. The van der Waals surface area contributed by atoms with Crippen LogP contribution in [0.15, 0.2) is 24.3 Å². The highest BCUT2D eigenvalue weighted by Gasteiger charge is 2.11. The molecule has 1 heterocycles. The van der Waals surface area contributed by atoms with Gasteiger partial charge >= 0.3 is 6.03 Å². The lowest BCUT2D eigenvalue weighted by atomic mass is 10.1. The summed E-state index contributed by atoms with van der Waals surface area (Å²) in [5.41, 5.74) is 2.46. The lowest BCUT2D eigenvalue weighted by Gasteiger charge is -2.11. The van der Waals surface area contributed by atoms with E-state index in [0.717, 1.165) is 17.8 Å². The molecule has 0 radical (unpaired) electrons. The van der Waals surface area contributed by atoms with Crippen LogP contribution < -0.4 is 10.6 Å². The van der Waals surface area contributed by atoms with Gasteiger partial charge < -0.3 is 10.6 Å². The fourth-order valence-corrected chi connectivity index (χ4v) is 2.28. The second-order valence-electron chi connectivity index (χ2n) is 6.07. The monoisotopic (exact) mass is 318 g/mol. The molecule has 2 N–H and O–H groups in total. The molecular weight excluding hydrogens is 295 g/mol. The van der Waals surface area contributed by atoms with Crippen molar-refractivity contribution in [2.45, 2.75) is 34.1 Å². The third-order valence-corrected chi connectivity index (χ3v) is 3.45. The minimum Gasteiger partial charge on any atom is -0.338 e. The largest absolute Gasteiger partial charge is 0.338 e. The summed E-state index contributed by atoms with van der Waals surface area (Å²) in [5.74, 6) is 0.0870. The highest BCUT2D eigenvalue weighted by molar-refractivity contribution is 5.89. The smallest absolute Gasteiger partial charge is 0.319 e. The summed E-state index contributed by atoms with van der Waals surface area (Å²) >= 11 is 0. The molecule has 2 amide bonds. The summed E-state index contributed by atoms with van der Waals surface area (Å²) in [6.07, 6.45) is 0.901. The molecule has 0 aliphatic rings. The van der Waals surface area contributed by atoms with Crippen LogP contribution in [0.5, 0.6) is 0 Å². The molecule has 0 aliphatic heterocycles. The molecule has 0 bridgehead atoms. The van der Waals surface area contributed by atoms with Gasteiger partial charge in [0.1, 0.15) is 5.69 Å². The molecule has 0 unspecified atom stereocenters. The second-order valence-corrected chi connectivity index (χ2v) is 6.07. The summed E-state index contributed by atoms with van der Waals surface area (Å²) < 4.78 is 15.9. The Morgan fingerprint density at radius 2 is 2.04 bits per heavy atom. The van der Waals surface area contributed by atoms with Crippen LogP contribution in [0.4, 0.5) is 14.9 Å². The third kappa shape index (κ3) is 4.55. The maximum absolute atomic E-state index is 14.3. The van der Waals surface area contributed by atoms with Crippen LogP contribution in [0.1, 0.15) is 31.7 Å². The van der Waals surface area contributed by atoms with E-state index >= 15 is 0 Å². The van der Waals surface area contributed by atoms with Crippen LogP contribution in [-0.2, 0) is 0 Å². The number of urea groups is 1. The molecule has 124 valence electrons. The van der Waals surface area contributed by atoms with Crippen molar-refractivity contribution >= 4 is 11.7 Å². The van der Waals surface area contributed by atoms with E-state index in [1.807, 2.05) is 19.9 Å². The third-order valence-electron chi connectivity index (χ3n) is 3.45. The number of carbonyl (C=O) groups excluding carboxylic acids is 1. The van der Waals surface area contributed by atoms with Crippen LogP contribution >= 0.6 is 0 Å². The number of halogens is 1. The topological polar surface area (TPSA) is 59.0 Å². The van der Waals surface area contributed by atoms with Crippen LogP contribution in [0.3, 0.4) is 0 Å². The molecule has 0 spiro atoms. The molecule has 0 saturated heterocycles. The number of carbonyl (C=O) groups is 1. The molecule has 1 aromatic heterocycles. The van der Waals surface area contributed by atoms with Crippen molar-refractivity contribution in [3.05, 3.63) is 41.5 Å². The predicted octanol–water partition coefficient (Wildman–Crippen LogP) is 3.80. The normalized spacial score (nSPS) is 10.9. The van der Waals surface area contributed by atoms with Gasteiger partial charge in [0, 0.05) is 17.9 Å². The molecule has 23 heavy (non-hydrogen) atoms. The van der Waals surface area contributed by atoms with Crippen molar-refractivity contribution in [3.8, 4) is 5.69 Å². The van der Waals surface area contributed by atoms with E-state index < -0.39 is 5.82 Å². The summed E-state index contributed by atoms with van der Waals surface area (Å²) in [4.78, 5) is 11.8. The number of nitrogens with one attached hydrogen (secondary N) is 2. The molecule has 0 saturated carbocycles. The molecule has 2 rings (SSSR count). The standard InChI is InChI=1S/C17H23FN4O/c1-11(2)7-8-19-17(23)20-14-5-6-16(15(18)10-14)22-13(4)9-12(3)21-22/h5-6,9-11H,7-8H2,1-4H3,(H2,19,20,23). The lowest BCUT2D eigenvalue weighted by Crippen LogP contribution is -2.30.